The number of hydrogen-bond acceptors (Lipinski definition) is 0. The molecule has 0 bridgehead atoms. The summed E-state index contributed by atoms with van der Waals surface area (Å²) >= 11 is 0. The predicted molar refractivity (Wildman–Crippen MR) is 29.4 cm³/mol. The van der Waals surface area contributed by atoms with Gasteiger partial charge in [0.1, 0.15) is 0 Å². The maximum Gasteiger partial charge on any atom is 2.00 e. The van der Waals surface area contributed by atoms with E-state index in [2.05, 4.69) is 13.3 Å². The van der Waals surface area contributed by atoms with Crippen LogP contribution < -0.4 is 0 Å². The molecule has 1 unspecified atom stereocenters. The van der Waals surface area contributed by atoms with E-state index in [1.54, 1.807) is 0 Å². The van der Waals surface area contributed by atoms with Gasteiger partial charge in [-0.2, -0.15) is 18.8 Å². The second kappa shape index (κ2) is 2.03. The smallest absolute Gasteiger partial charge is 0.340 e. The molecule has 0 aromatic rings. The second-order valence-electron chi connectivity index (χ2n) is 2.96. The van der Waals surface area contributed by atoms with Crippen molar-refractivity contribution in [3.63, 3.8) is 0 Å². The monoisotopic (exact) mass is 332 g/mol. The first-order valence-electron chi connectivity index (χ1n) is 2.98. The van der Waals surface area contributed by atoms with E-state index in [0.717, 1.165) is 11.3 Å². The molecule has 1 heteroatoms. The van der Waals surface area contributed by atoms with Gasteiger partial charge in [-0.3, -0.25) is 0 Å². The van der Waals surface area contributed by atoms with E-state index in [-0.39, 0.29) is 31.1 Å². The first kappa shape index (κ1) is 7.16. The number of rotatable bonds is 0. The molecule has 0 saturated heterocycles. The minimum absolute atomic E-state index is 0. The van der Waals surface area contributed by atoms with Gasteiger partial charge in [-0.1, -0.05) is 6.42 Å². The molecular weight excluding hydrogens is 322 g/mol. The summed E-state index contributed by atoms with van der Waals surface area (Å²) < 4.78 is 0. The fourth-order valence-corrected chi connectivity index (χ4v) is 1.45. The van der Waals surface area contributed by atoms with Crippen molar-refractivity contribution in [3.8, 4) is 0 Å². The molecule has 2 fully saturated rings. The molecule has 1 spiro atoms. The molecule has 0 amide bonds. The summed E-state index contributed by atoms with van der Waals surface area (Å²) in [5.41, 5.74) is 0.764. The van der Waals surface area contributed by atoms with Crippen LogP contribution in [0.3, 0.4) is 0 Å². The van der Waals surface area contributed by atoms with Crippen LogP contribution in [0.15, 0.2) is 0 Å². The van der Waals surface area contributed by atoms with Crippen molar-refractivity contribution in [3.05, 3.63) is 13.3 Å². The Hall–Kier alpha value is 1.05. The Morgan fingerprint density at radius 1 is 1.50 bits per heavy atom. The summed E-state index contributed by atoms with van der Waals surface area (Å²) in [6, 6.07) is 0. The second-order valence-corrected chi connectivity index (χ2v) is 2.96. The first-order chi connectivity index (χ1) is 3.33. The zero-order valence-corrected chi connectivity index (χ0v) is 9.15. The molecule has 0 nitrogen and oxygen atoms in total. The Labute approximate surface area is 74.8 Å². The van der Waals surface area contributed by atoms with Gasteiger partial charge in [0.25, 0.3) is 0 Å². The van der Waals surface area contributed by atoms with Crippen LogP contribution in [0.5, 0.6) is 0 Å². The van der Waals surface area contributed by atoms with Crippen LogP contribution in [-0.2, 0) is 0 Å². The molecule has 2 aliphatic carbocycles. The van der Waals surface area contributed by atoms with Gasteiger partial charge in [0.05, 0.1) is 0 Å². The van der Waals surface area contributed by atoms with Crippen molar-refractivity contribution < 1.29 is 31.1 Å². The first-order valence-corrected chi connectivity index (χ1v) is 2.98. The molecule has 42 valence electrons. The molecule has 0 aliphatic heterocycles. The van der Waals surface area contributed by atoms with Gasteiger partial charge >= 0.3 is 31.1 Å². The molecule has 0 radical (unpaired) electrons. The Bertz CT molecular complexity index is 89.1. The third kappa shape index (κ3) is 0.793. The van der Waals surface area contributed by atoms with Gasteiger partial charge in [-0.15, -0.1) is 5.41 Å². The van der Waals surface area contributed by atoms with Crippen molar-refractivity contribution >= 4 is 0 Å². The standard InChI is InChI=1S/C7H10.U/c1-6-5-7(6)3-2-4-7;/h2,6H,1,3-5H2;/q-2;+2. The van der Waals surface area contributed by atoms with E-state index in [1.165, 1.54) is 19.3 Å². The molecule has 2 saturated carbocycles. The Balaban J connectivity index is 0.000000320. The van der Waals surface area contributed by atoms with Crippen LogP contribution in [0.4, 0.5) is 0 Å². The van der Waals surface area contributed by atoms with Gasteiger partial charge in [0.15, 0.2) is 0 Å². The summed E-state index contributed by atoms with van der Waals surface area (Å²) in [6.07, 6.45) is 6.50. The van der Waals surface area contributed by atoms with E-state index >= 15 is 0 Å². The predicted octanol–water partition coefficient (Wildman–Crippen LogP) is 1.82. The van der Waals surface area contributed by atoms with E-state index in [4.69, 9.17) is 0 Å². The molecule has 2 rings (SSSR count). The number of hydrogen-bond donors (Lipinski definition) is 0. The van der Waals surface area contributed by atoms with Crippen LogP contribution >= 0.6 is 0 Å². The van der Waals surface area contributed by atoms with E-state index in [0.29, 0.717) is 0 Å². The SMILES string of the molecule is [CH2-]C1CC12C[CH-]C2.[U+2]. The van der Waals surface area contributed by atoms with Crippen molar-refractivity contribution in [2.75, 3.05) is 0 Å². The van der Waals surface area contributed by atoms with Gasteiger partial charge in [-0.05, 0) is 0 Å². The van der Waals surface area contributed by atoms with E-state index in [9.17, 15) is 0 Å². The average Bonchev–Trinajstić information content (AvgIpc) is 2.10. The van der Waals surface area contributed by atoms with Crippen molar-refractivity contribution in [2.45, 2.75) is 19.3 Å². The van der Waals surface area contributed by atoms with Crippen LogP contribution in [0, 0.1) is 55.8 Å². The average molecular weight is 332 g/mol. The Morgan fingerprint density at radius 2 is 2.00 bits per heavy atom. The topological polar surface area (TPSA) is 0 Å². The molecule has 0 N–H and O–H groups in total. The molecule has 0 aromatic carbocycles. The van der Waals surface area contributed by atoms with Crippen molar-refractivity contribution in [1.82, 2.24) is 0 Å². The van der Waals surface area contributed by atoms with E-state index < -0.39 is 0 Å². The van der Waals surface area contributed by atoms with Gasteiger partial charge in [-0.25, -0.2) is 0 Å². The van der Waals surface area contributed by atoms with Gasteiger partial charge in [0.2, 0.25) is 0 Å². The maximum absolute atomic E-state index is 4.01. The van der Waals surface area contributed by atoms with Crippen molar-refractivity contribution in [2.24, 2.45) is 11.3 Å². The largest absolute Gasteiger partial charge is 2.00 e. The van der Waals surface area contributed by atoms with Crippen LogP contribution in [0.2, 0.25) is 0 Å². The normalized spacial score (nSPS) is 37.9. The molecular formula is C7H10U. The molecule has 0 aromatic heterocycles. The van der Waals surface area contributed by atoms with Crippen LogP contribution in [-0.4, -0.2) is 0 Å². The Morgan fingerprint density at radius 3 is 2.00 bits per heavy atom. The fourth-order valence-electron chi connectivity index (χ4n) is 1.45. The molecule has 0 heterocycles. The quantitative estimate of drug-likeness (QED) is 0.594. The third-order valence-corrected chi connectivity index (χ3v) is 2.46. The van der Waals surface area contributed by atoms with Gasteiger partial charge < -0.3 is 13.3 Å². The van der Waals surface area contributed by atoms with Crippen LogP contribution in [0.1, 0.15) is 19.3 Å². The minimum atomic E-state index is 0. The summed E-state index contributed by atoms with van der Waals surface area (Å²) in [5.74, 6) is 0.817. The Kier molecular flexibility index (Phi) is 1.82. The molecule has 1 atom stereocenters. The summed E-state index contributed by atoms with van der Waals surface area (Å²) in [5, 5.41) is 0. The summed E-state index contributed by atoms with van der Waals surface area (Å²) in [4.78, 5) is 0. The maximum atomic E-state index is 4.01. The minimum Gasteiger partial charge on any atom is -0.340 e. The third-order valence-electron chi connectivity index (χ3n) is 2.46. The van der Waals surface area contributed by atoms with Crippen LogP contribution in [0.25, 0.3) is 0 Å². The van der Waals surface area contributed by atoms with Gasteiger partial charge in [0, 0.05) is 0 Å². The van der Waals surface area contributed by atoms with Crippen molar-refractivity contribution in [1.29, 1.82) is 0 Å². The molecule has 2 aliphatic rings. The zero-order chi connectivity index (χ0) is 4.91. The molecule has 8 heavy (non-hydrogen) atoms. The van der Waals surface area contributed by atoms with E-state index in [1.807, 2.05) is 0 Å². The summed E-state index contributed by atoms with van der Waals surface area (Å²) in [6.45, 7) is 4.01. The summed E-state index contributed by atoms with van der Waals surface area (Å²) in [7, 11) is 0. The fraction of sp³-hybridized carbons (Fsp3) is 0.714. The zero-order valence-electron chi connectivity index (χ0n) is 4.98.